The van der Waals surface area contributed by atoms with Crippen LogP contribution >= 0.6 is 0 Å². The van der Waals surface area contributed by atoms with Crippen LogP contribution in [0, 0.1) is 6.92 Å². The minimum atomic E-state index is -0.439. The number of nitrogens with zero attached hydrogens (tertiary/aromatic N) is 2. The van der Waals surface area contributed by atoms with Gasteiger partial charge < -0.3 is 14.8 Å². The summed E-state index contributed by atoms with van der Waals surface area (Å²) in [5, 5.41) is 8.21. The van der Waals surface area contributed by atoms with E-state index in [1.54, 1.807) is 49.6 Å². The van der Waals surface area contributed by atoms with E-state index in [2.05, 4.69) is 10.4 Å². The highest BCUT2D eigenvalue weighted by Gasteiger charge is 2.19. The highest BCUT2D eigenvalue weighted by atomic mass is 16.5. The molecule has 4 rings (SSSR count). The van der Waals surface area contributed by atoms with Crippen molar-refractivity contribution in [3.8, 4) is 11.4 Å². The Balaban J connectivity index is 1.77. The van der Waals surface area contributed by atoms with Gasteiger partial charge in [0.25, 0.3) is 11.5 Å². The number of hydrogen-bond acceptors (Lipinski definition) is 5. The van der Waals surface area contributed by atoms with E-state index in [1.165, 1.54) is 4.68 Å². The summed E-state index contributed by atoms with van der Waals surface area (Å²) in [5.41, 5.74) is 1.95. The molecular weight excluding hydrogens is 406 g/mol. The Kier molecular flexibility index (Phi) is 6.28. The van der Waals surface area contributed by atoms with E-state index >= 15 is 0 Å². The number of rotatable bonds is 7. The van der Waals surface area contributed by atoms with Crippen molar-refractivity contribution in [2.24, 2.45) is 0 Å². The lowest BCUT2D eigenvalue weighted by Gasteiger charge is -2.14. The number of ether oxygens (including phenoxy) is 2. The van der Waals surface area contributed by atoms with Gasteiger partial charge in [0.2, 0.25) is 0 Å². The number of aryl methyl sites for hydroxylation is 1. The lowest BCUT2D eigenvalue weighted by molar-refractivity contribution is 0.102. The molecule has 0 aliphatic heterocycles. The van der Waals surface area contributed by atoms with Crippen LogP contribution in [-0.4, -0.2) is 36.0 Å². The summed E-state index contributed by atoms with van der Waals surface area (Å²) in [4.78, 5) is 26.4. The van der Waals surface area contributed by atoms with E-state index in [-0.39, 0.29) is 11.3 Å². The van der Waals surface area contributed by atoms with Crippen LogP contribution in [-0.2, 0) is 4.74 Å². The fraction of sp³-hybridized carbons (Fsp3) is 0.160. The average Bonchev–Trinajstić information content (AvgIpc) is 2.82. The third kappa shape index (κ3) is 4.38. The Morgan fingerprint density at radius 3 is 2.44 bits per heavy atom. The zero-order chi connectivity index (χ0) is 22.5. The molecule has 0 aliphatic carbocycles. The van der Waals surface area contributed by atoms with Crippen molar-refractivity contribution in [1.29, 1.82) is 0 Å². The number of amides is 1. The second-order valence-electron chi connectivity index (χ2n) is 7.24. The van der Waals surface area contributed by atoms with Crippen LogP contribution in [0.4, 0.5) is 5.69 Å². The van der Waals surface area contributed by atoms with E-state index in [1.807, 2.05) is 37.3 Å². The third-order valence-electron chi connectivity index (χ3n) is 4.95. The van der Waals surface area contributed by atoms with Gasteiger partial charge in [-0.2, -0.15) is 9.78 Å². The highest BCUT2D eigenvalue weighted by Crippen LogP contribution is 2.27. The molecular formula is C25H23N3O4. The Morgan fingerprint density at radius 1 is 0.969 bits per heavy atom. The van der Waals surface area contributed by atoms with E-state index in [0.29, 0.717) is 41.1 Å². The van der Waals surface area contributed by atoms with E-state index < -0.39 is 5.91 Å². The normalized spacial score (nSPS) is 10.8. The van der Waals surface area contributed by atoms with Crippen LogP contribution in [0.1, 0.15) is 16.1 Å². The molecule has 7 nitrogen and oxygen atoms in total. The number of nitrogens with one attached hydrogen (secondary N) is 1. The van der Waals surface area contributed by atoms with Gasteiger partial charge in [-0.05, 0) is 42.8 Å². The quantitative estimate of drug-likeness (QED) is 0.450. The lowest BCUT2D eigenvalue weighted by Crippen LogP contribution is -2.26. The van der Waals surface area contributed by atoms with Crippen molar-refractivity contribution >= 4 is 22.4 Å². The summed E-state index contributed by atoms with van der Waals surface area (Å²) in [6.45, 7) is 2.72. The second kappa shape index (κ2) is 9.45. The maximum Gasteiger partial charge on any atom is 0.279 e. The Labute approximate surface area is 185 Å². The number of carbonyl (C=O) groups excluding carboxylic acids is 1. The first-order valence-corrected chi connectivity index (χ1v) is 10.2. The maximum atomic E-state index is 13.3. The zero-order valence-corrected chi connectivity index (χ0v) is 17.9. The molecule has 1 N–H and O–H groups in total. The zero-order valence-electron chi connectivity index (χ0n) is 17.9. The van der Waals surface area contributed by atoms with Gasteiger partial charge in [-0.15, -0.1) is 0 Å². The van der Waals surface area contributed by atoms with Gasteiger partial charge in [-0.25, -0.2) is 0 Å². The molecule has 0 aliphatic rings. The van der Waals surface area contributed by atoms with E-state index in [4.69, 9.17) is 9.47 Å². The fourth-order valence-electron chi connectivity index (χ4n) is 3.37. The predicted molar refractivity (Wildman–Crippen MR) is 124 cm³/mol. The number of carbonyl (C=O) groups is 1. The van der Waals surface area contributed by atoms with Crippen LogP contribution in [0.2, 0.25) is 0 Å². The number of methoxy groups -OCH3 is 1. The molecule has 4 aromatic rings. The average molecular weight is 429 g/mol. The van der Waals surface area contributed by atoms with Gasteiger partial charge in [-0.3, -0.25) is 9.59 Å². The molecule has 32 heavy (non-hydrogen) atoms. The minimum absolute atomic E-state index is 0.146. The van der Waals surface area contributed by atoms with Gasteiger partial charge in [0.15, 0.2) is 5.69 Å². The topological polar surface area (TPSA) is 82.4 Å². The summed E-state index contributed by atoms with van der Waals surface area (Å²) in [6.07, 6.45) is 0. The van der Waals surface area contributed by atoms with E-state index in [9.17, 15) is 9.59 Å². The number of anilines is 1. The molecule has 0 saturated heterocycles. The molecule has 0 fully saturated rings. The van der Waals surface area contributed by atoms with Crippen molar-refractivity contribution in [1.82, 2.24) is 9.78 Å². The summed E-state index contributed by atoms with van der Waals surface area (Å²) in [6, 6.07) is 21.5. The van der Waals surface area contributed by atoms with Gasteiger partial charge in [-0.1, -0.05) is 42.5 Å². The molecule has 0 saturated carbocycles. The molecule has 0 unspecified atom stereocenters. The number of fused-ring (bicyclic) bond motifs is 1. The SMILES string of the molecule is COCCOc1cc(C)ccc1NC(=O)c1nn(-c2ccccc2)c(=O)c2ccccc12. The number of hydrogen-bond donors (Lipinski definition) is 1. The van der Waals surface area contributed by atoms with Crippen LogP contribution in [0.15, 0.2) is 77.6 Å². The predicted octanol–water partition coefficient (Wildman–Crippen LogP) is 3.97. The van der Waals surface area contributed by atoms with Gasteiger partial charge >= 0.3 is 0 Å². The monoisotopic (exact) mass is 429 g/mol. The number of aromatic nitrogens is 2. The molecule has 3 aromatic carbocycles. The highest BCUT2D eigenvalue weighted by molar-refractivity contribution is 6.11. The maximum absolute atomic E-state index is 13.3. The number of benzene rings is 3. The molecule has 0 atom stereocenters. The third-order valence-corrected chi connectivity index (χ3v) is 4.95. The van der Waals surface area contributed by atoms with Crippen molar-refractivity contribution in [2.45, 2.75) is 6.92 Å². The first-order valence-electron chi connectivity index (χ1n) is 10.2. The molecule has 7 heteroatoms. The summed E-state index contributed by atoms with van der Waals surface area (Å²) >= 11 is 0. The smallest absolute Gasteiger partial charge is 0.279 e. The van der Waals surface area contributed by atoms with Gasteiger partial charge in [0.1, 0.15) is 12.4 Å². The molecule has 162 valence electrons. The summed E-state index contributed by atoms with van der Waals surface area (Å²) < 4.78 is 12.1. The molecule has 0 bridgehead atoms. The van der Waals surface area contributed by atoms with Crippen molar-refractivity contribution in [3.63, 3.8) is 0 Å². The van der Waals surface area contributed by atoms with Crippen LogP contribution in [0.5, 0.6) is 5.75 Å². The first-order chi connectivity index (χ1) is 15.6. The minimum Gasteiger partial charge on any atom is -0.489 e. The van der Waals surface area contributed by atoms with Gasteiger partial charge in [0, 0.05) is 12.5 Å². The Morgan fingerprint density at radius 2 is 1.69 bits per heavy atom. The largest absolute Gasteiger partial charge is 0.489 e. The molecule has 1 amide bonds. The van der Waals surface area contributed by atoms with E-state index in [0.717, 1.165) is 5.56 Å². The number of para-hydroxylation sites is 1. The standard InChI is InChI=1S/C25H23N3O4/c1-17-12-13-21(22(16-17)32-15-14-31-2)26-24(29)23-19-10-6-7-11-20(19)25(30)28(27-23)18-8-4-3-5-9-18/h3-13,16H,14-15H2,1-2H3,(H,26,29). The van der Waals surface area contributed by atoms with Crippen LogP contribution < -0.4 is 15.6 Å². The van der Waals surface area contributed by atoms with Crippen LogP contribution in [0.3, 0.4) is 0 Å². The molecule has 0 radical (unpaired) electrons. The van der Waals surface area contributed by atoms with Crippen molar-refractivity contribution in [2.75, 3.05) is 25.6 Å². The molecule has 1 aromatic heterocycles. The fourth-order valence-corrected chi connectivity index (χ4v) is 3.37. The second-order valence-corrected chi connectivity index (χ2v) is 7.24. The first kappa shape index (κ1) is 21.3. The van der Waals surface area contributed by atoms with Crippen molar-refractivity contribution in [3.05, 3.63) is 94.4 Å². The Bertz CT molecular complexity index is 1320. The van der Waals surface area contributed by atoms with Crippen LogP contribution in [0.25, 0.3) is 16.5 Å². The summed E-state index contributed by atoms with van der Waals surface area (Å²) in [7, 11) is 1.60. The molecule has 1 heterocycles. The molecule has 0 spiro atoms. The lowest BCUT2D eigenvalue weighted by atomic mass is 10.1. The van der Waals surface area contributed by atoms with Gasteiger partial charge in [0.05, 0.1) is 23.4 Å². The van der Waals surface area contributed by atoms with Crippen molar-refractivity contribution < 1.29 is 14.3 Å². The summed E-state index contributed by atoms with van der Waals surface area (Å²) in [5.74, 6) is 0.0995. The Hall–Kier alpha value is -3.97.